The van der Waals surface area contributed by atoms with Crippen molar-refractivity contribution < 1.29 is 19.0 Å². The Balaban J connectivity index is 1.61. The Kier molecular flexibility index (Phi) is 5.29. The molecule has 188 valence electrons. The van der Waals surface area contributed by atoms with Crippen LogP contribution in [-0.4, -0.2) is 39.6 Å². The highest BCUT2D eigenvalue weighted by molar-refractivity contribution is 6.00. The molecule has 0 bridgehead atoms. The van der Waals surface area contributed by atoms with Gasteiger partial charge >= 0.3 is 0 Å². The number of ether oxygens (including phenoxy) is 3. The molecule has 8 heteroatoms. The van der Waals surface area contributed by atoms with E-state index in [4.69, 9.17) is 24.3 Å². The van der Waals surface area contributed by atoms with Crippen LogP contribution in [0, 0.1) is 12.3 Å². The topological polar surface area (TPSA) is 87.8 Å². The van der Waals surface area contributed by atoms with E-state index in [0.717, 1.165) is 16.7 Å². The molecule has 1 aliphatic heterocycles. The van der Waals surface area contributed by atoms with Crippen LogP contribution in [0.2, 0.25) is 0 Å². The highest BCUT2D eigenvalue weighted by Gasteiger charge is 2.44. The van der Waals surface area contributed by atoms with E-state index >= 15 is 0 Å². The summed E-state index contributed by atoms with van der Waals surface area (Å²) in [5.41, 5.74) is 4.66. The van der Waals surface area contributed by atoms with Crippen molar-refractivity contribution in [3.63, 3.8) is 0 Å². The van der Waals surface area contributed by atoms with Crippen LogP contribution in [-0.2, 0) is 4.79 Å². The van der Waals surface area contributed by atoms with Gasteiger partial charge in [0.2, 0.25) is 5.88 Å². The molecule has 6 rings (SSSR count). The summed E-state index contributed by atoms with van der Waals surface area (Å²) in [5.74, 6) is 2.53. The number of aromatic nitrogens is 4. The first-order valence-corrected chi connectivity index (χ1v) is 12.3. The standard InChI is InChI=1S/C29H28N4O4/c1-16-7-6-8-18(11-16)26-31-27-25-23(17-9-10-20(35-4)21(12-17)36-5)24-19(34)13-29(2,3)14-22(24)37-28(25)30-15-33(27)32-26/h6-12,15,23H,13-14H2,1-5H3/t23-/m1/s1. The van der Waals surface area contributed by atoms with E-state index < -0.39 is 5.92 Å². The normalized spacial score (nSPS) is 18.3. The van der Waals surface area contributed by atoms with Crippen LogP contribution in [0.25, 0.3) is 17.0 Å². The van der Waals surface area contributed by atoms with E-state index in [9.17, 15) is 4.79 Å². The Labute approximate surface area is 214 Å². The predicted molar refractivity (Wildman–Crippen MR) is 138 cm³/mol. The number of methoxy groups -OCH3 is 2. The van der Waals surface area contributed by atoms with Crippen LogP contribution >= 0.6 is 0 Å². The van der Waals surface area contributed by atoms with Gasteiger partial charge in [-0.3, -0.25) is 4.79 Å². The molecule has 0 N–H and O–H groups in total. The summed E-state index contributed by atoms with van der Waals surface area (Å²) in [5, 5.41) is 4.71. The maximum atomic E-state index is 13.7. The Morgan fingerprint density at radius 2 is 1.86 bits per heavy atom. The van der Waals surface area contributed by atoms with E-state index in [0.29, 0.717) is 58.6 Å². The molecule has 0 unspecified atom stereocenters. The Hall–Kier alpha value is -4.20. The Morgan fingerprint density at radius 3 is 2.62 bits per heavy atom. The lowest BCUT2D eigenvalue weighted by Gasteiger charge is -2.37. The van der Waals surface area contributed by atoms with Crippen molar-refractivity contribution in [2.75, 3.05) is 14.2 Å². The van der Waals surface area contributed by atoms with Gasteiger partial charge in [0.15, 0.2) is 28.8 Å². The van der Waals surface area contributed by atoms with Gasteiger partial charge in [0.1, 0.15) is 12.1 Å². The first-order valence-electron chi connectivity index (χ1n) is 12.3. The summed E-state index contributed by atoms with van der Waals surface area (Å²) in [6, 6.07) is 13.8. The second kappa shape index (κ2) is 8.44. The minimum Gasteiger partial charge on any atom is -0.493 e. The number of rotatable bonds is 4. The zero-order valence-corrected chi connectivity index (χ0v) is 21.5. The van der Waals surface area contributed by atoms with Gasteiger partial charge in [0, 0.05) is 24.0 Å². The van der Waals surface area contributed by atoms with Gasteiger partial charge in [-0.05, 0) is 36.1 Å². The first kappa shape index (κ1) is 23.2. The number of nitrogens with zero attached hydrogens (tertiary/aromatic N) is 4. The van der Waals surface area contributed by atoms with Crippen LogP contribution in [0.1, 0.15) is 49.3 Å². The molecule has 2 aromatic carbocycles. The number of carbonyl (C=O) groups excluding carboxylic acids is 1. The van der Waals surface area contributed by atoms with Crippen molar-refractivity contribution in [2.45, 2.75) is 39.5 Å². The summed E-state index contributed by atoms with van der Waals surface area (Å²) in [4.78, 5) is 23.2. The summed E-state index contributed by atoms with van der Waals surface area (Å²) in [6.07, 6.45) is 2.70. The molecule has 8 nitrogen and oxygen atoms in total. The molecule has 0 amide bonds. The molecule has 0 fully saturated rings. The molecule has 2 aliphatic rings. The first-order chi connectivity index (χ1) is 17.8. The zero-order valence-electron chi connectivity index (χ0n) is 21.5. The SMILES string of the molecule is COc1ccc([C@@H]2C3=C(CC(C)(C)CC3=O)Oc3ncn4nc(-c5cccc(C)c5)nc4c32)cc1OC. The lowest BCUT2D eigenvalue weighted by atomic mass is 9.70. The third-order valence-electron chi connectivity index (χ3n) is 7.08. The molecule has 0 saturated carbocycles. The van der Waals surface area contributed by atoms with E-state index in [1.54, 1.807) is 25.1 Å². The fourth-order valence-electron chi connectivity index (χ4n) is 5.42. The molecule has 0 spiro atoms. The second-order valence-electron chi connectivity index (χ2n) is 10.5. The highest BCUT2D eigenvalue weighted by atomic mass is 16.5. The van der Waals surface area contributed by atoms with Gasteiger partial charge in [-0.2, -0.15) is 0 Å². The van der Waals surface area contributed by atoms with Crippen molar-refractivity contribution in [3.8, 4) is 28.8 Å². The lowest BCUT2D eigenvalue weighted by molar-refractivity contribution is -0.118. The van der Waals surface area contributed by atoms with Crippen molar-refractivity contribution in [3.05, 3.63) is 76.8 Å². The molecule has 2 aromatic heterocycles. The number of aryl methyl sites for hydroxylation is 1. The molecule has 37 heavy (non-hydrogen) atoms. The number of carbonyl (C=O) groups is 1. The van der Waals surface area contributed by atoms with Crippen molar-refractivity contribution in [1.82, 2.24) is 19.6 Å². The summed E-state index contributed by atoms with van der Waals surface area (Å²) >= 11 is 0. The third kappa shape index (κ3) is 3.84. The van der Waals surface area contributed by atoms with Crippen LogP contribution in [0.4, 0.5) is 0 Å². The Morgan fingerprint density at radius 1 is 1.05 bits per heavy atom. The fraction of sp³-hybridized carbons (Fsp3) is 0.310. The molecule has 4 aromatic rings. The minimum absolute atomic E-state index is 0.0668. The predicted octanol–water partition coefficient (Wildman–Crippen LogP) is 5.28. The molecular weight excluding hydrogens is 468 g/mol. The van der Waals surface area contributed by atoms with Crippen LogP contribution < -0.4 is 14.2 Å². The molecule has 1 aliphatic carbocycles. The zero-order chi connectivity index (χ0) is 25.9. The molecule has 1 atom stereocenters. The maximum absolute atomic E-state index is 13.7. The van der Waals surface area contributed by atoms with E-state index in [-0.39, 0.29) is 11.2 Å². The maximum Gasteiger partial charge on any atom is 0.228 e. The molecule has 0 saturated heterocycles. The number of hydrogen-bond donors (Lipinski definition) is 0. The number of Topliss-reactive ketones (excluding diaryl/α,β-unsaturated/α-hetero) is 1. The summed E-state index contributed by atoms with van der Waals surface area (Å²) in [6.45, 7) is 6.21. The highest BCUT2D eigenvalue weighted by Crippen LogP contribution is 2.51. The van der Waals surface area contributed by atoms with E-state index in [1.165, 1.54) is 0 Å². The largest absolute Gasteiger partial charge is 0.493 e. The van der Waals surface area contributed by atoms with Gasteiger partial charge in [0.25, 0.3) is 0 Å². The average Bonchev–Trinajstić information content (AvgIpc) is 3.31. The van der Waals surface area contributed by atoms with Gasteiger partial charge in [0.05, 0.1) is 25.7 Å². The summed E-state index contributed by atoms with van der Waals surface area (Å²) < 4.78 is 19.1. The lowest BCUT2D eigenvalue weighted by Crippen LogP contribution is -2.33. The van der Waals surface area contributed by atoms with Crippen molar-refractivity contribution in [1.29, 1.82) is 0 Å². The molecular formula is C29H28N4O4. The number of benzene rings is 2. The van der Waals surface area contributed by atoms with Gasteiger partial charge in [-0.25, -0.2) is 14.5 Å². The second-order valence-corrected chi connectivity index (χ2v) is 10.5. The van der Waals surface area contributed by atoms with Crippen LogP contribution in [0.15, 0.2) is 60.1 Å². The average molecular weight is 497 g/mol. The van der Waals surface area contributed by atoms with Crippen molar-refractivity contribution >= 4 is 11.4 Å². The van der Waals surface area contributed by atoms with E-state index in [1.807, 2.05) is 49.4 Å². The monoisotopic (exact) mass is 496 g/mol. The quantitative estimate of drug-likeness (QED) is 0.380. The van der Waals surface area contributed by atoms with Gasteiger partial charge in [-0.1, -0.05) is 43.7 Å². The number of allylic oxidation sites excluding steroid dienone is 2. The summed E-state index contributed by atoms with van der Waals surface area (Å²) in [7, 11) is 3.20. The smallest absolute Gasteiger partial charge is 0.228 e. The van der Waals surface area contributed by atoms with Gasteiger partial charge < -0.3 is 14.2 Å². The number of hydrogen-bond acceptors (Lipinski definition) is 7. The molecule has 3 heterocycles. The number of fused-ring (bicyclic) bond motifs is 3. The van der Waals surface area contributed by atoms with Crippen molar-refractivity contribution in [2.24, 2.45) is 5.41 Å². The fourth-order valence-corrected chi connectivity index (χ4v) is 5.42. The third-order valence-corrected chi connectivity index (χ3v) is 7.08. The minimum atomic E-state index is -0.437. The van der Waals surface area contributed by atoms with Gasteiger partial charge in [-0.15, -0.1) is 5.10 Å². The Bertz CT molecular complexity index is 1600. The molecule has 0 radical (unpaired) electrons. The van der Waals surface area contributed by atoms with E-state index in [2.05, 4.69) is 18.8 Å². The van der Waals surface area contributed by atoms with Crippen LogP contribution in [0.3, 0.4) is 0 Å². The van der Waals surface area contributed by atoms with Crippen LogP contribution in [0.5, 0.6) is 17.4 Å². The number of ketones is 1.